The van der Waals surface area contributed by atoms with E-state index in [1.54, 1.807) is 18.5 Å². The van der Waals surface area contributed by atoms with Crippen LogP contribution in [-0.2, 0) is 6.42 Å². The molecule has 0 bridgehead atoms. The van der Waals surface area contributed by atoms with Gasteiger partial charge in [0.15, 0.2) is 0 Å². The molecule has 0 aliphatic carbocycles. The van der Waals surface area contributed by atoms with E-state index in [4.69, 9.17) is 11.6 Å². The number of nitrogens with zero attached hydrogens (tertiary/aromatic N) is 1. The molecule has 21 heavy (non-hydrogen) atoms. The predicted molar refractivity (Wildman–Crippen MR) is 88.1 cm³/mol. The van der Waals surface area contributed by atoms with Crippen molar-refractivity contribution in [3.05, 3.63) is 63.1 Å². The zero-order valence-electron chi connectivity index (χ0n) is 11.7. The fourth-order valence-corrected chi connectivity index (χ4v) is 2.87. The molecule has 1 atom stereocenters. The van der Waals surface area contributed by atoms with E-state index in [1.807, 2.05) is 12.1 Å². The number of benzene rings is 1. The molecule has 1 aromatic heterocycles. The molecule has 1 heterocycles. The normalized spacial score (nSPS) is 12.4. The van der Waals surface area contributed by atoms with Crippen LogP contribution in [-0.4, -0.2) is 11.5 Å². The second kappa shape index (κ2) is 7.87. The van der Waals surface area contributed by atoms with Crippen molar-refractivity contribution in [3.8, 4) is 0 Å². The fourth-order valence-electron chi connectivity index (χ4n) is 2.19. The lowest BCUT2D eigenvalue weighted by atomic mass is 9.99. The molecule has 0 saturated carbocycles. The second-order valence-electron chi connectivity index (χ2n) is 4.88. The average Bonchev–Trinajstić information content (AvgIpc) is 2.44. The monoisotopic (exact) mass is 370 g/mol. The van der Waals surface area contributed by atoms with Gasteiger partial charge in [-0.05, 0) is 54.8 Å². The van der Waals surface area contributed by atoms with Crippen LogP contribution in [0.1, 0.15) is 30.5 Å². The maximum Gasteiger partial charge on any atom is 0.124 e. The molecule has 5 heteroatoms. The second-order valence-corrected chi connectivity index (χ2v) is 6.20. The van der Waals surface area contributed by atoms with E-state index in [1.165, 1.54) is 6.07 Å². The van der Waals surface area contributed by atoms with Gasteiger partial charge in [-0.25, -0.2) is 4.39 Å². The number of aromatic nitrogens is 1. The summed E-state index contributed by atoms with van der Waals surface area (Å²) < 4.78 is 14.4. The van der Waals surface area contributed by atoms with Crippen LogP contribution >= 0.6 is 27.5 Å². The highest BCUT2D eigenvalue weighted by Crippen LogP contribution is 2.26. The smallest absolute Gasteiger partial charge is 0.124 e. The zero-order chi connectivity index (χ0) is 15.2. The molecule has 2 aromatic rings. The molecule has 0 saturated heterocycles. The number of rotatable bonds is 6. The number of hydrogen-bond acceptors (Lipinski definition) is 2. The molecule has 112 valence electrons. The predicted octanol–water partition coefficient (Wildman–Crippen LogP) is 4.92. The van der Waals surface area contributed by atoms with Gasteiger partial charge in [0.05, 0.1) is 5.02 Å². The Bertz CT molecular complexity index is 586. The molecule has 0 radical (unpaired) electrons. The van der Waals surface area contributed by atoms with Crippen molar-refractivity contribution < 1.29 is 4.39 Å². The lowest BCUT2D eigenvalue weighted by molar-refractivity contribution is 0.524. The molecule has 0 fully saturated rings. The summed E-state index contributed by atoms with van der Waals surface area (Å²) in [6.45, 7) is 2.96. The number of halogens is 3. The van der Waals surface area contributed by atoms with Crippen molar-refractivity contribution >= 4 is 27.5 Å². The lowest BCUT2D eigenvalue weighted by Gasteiger charge is -2.20. The van der Waals surface area contributed by atoms with E-state index in [0.717, 1.165) is 28.6 Å². The van der Waals surface area contributed by atoms with Gasteiger partial charge < -0.3 is 5.32 Å². The van der Waals surface area contributed by atoms with Gasteiger partial charge in [0.25, 0.3) is 0 Å². The van der Waals surface area contributed by atoms with Crippen molar-refractivity contribution in [1.82, 2.24) is 10.3 Å². The first-order valence-electron chi connectivity index (χ1n) is 6.88. The van der Waals surface area contributed by atoms with Crippen LogP contribution in [0.2, 0.25) is 5.02 Å². The first-order valence-corrected chi connectivity index (χ1v) is 8.05. The summed E-state index contributed by atoms with van der Waals surface area (Å²) in [6.07, 6.45) is 5.06. The molecular formula is C16H17BrClFN2. The minimum atomic E-state index is -0.247. The van der Waals surface area contributed by atoms with Gasteiger partial charge in [0, 0.05) is 22.9 Å². The highest BCUT2D eigenvalue weighted by Gasteiger charge is 2.15. The molecule has 0 aliphatic rings. The van der Waals surface area contributed by atoms with E-state index >= 15 is 0 Å². The van der Waals surface area contributed by atoms with Crippen molar-refractivity contribution in [3.63, 3.8) is 0 Å². The first-order chi connectivity index (χ1) is 10.1. The van der Waals surface area contributed by atoms with Gasteiger partial charge >= 0.3 is 0 Å². The lowest BCUT2D eigenvalue weighted by Crippen LogP contribution is -2.24. The molecule has 2 nitrogen and oxygen atoms in total. The maximum absolute atomic E-state index is 13.6. The largest absolute Gasteiger partial charge is 0.310 e. The Kier molecular flexibility index (Phi) is 6.15. The Hall–Kier alpha value is -0.970. The van der Waals surface area contributed by atoms with Gasteiger partial charge in [-0.2, -0.15) is 0 Å². The molecule has 0 aliphatic heterocycles. The Morgan fingerprint density at radius 3 is 2.86 bits per heavy atom. The summed E-state index contributed by atoms with van der Waals surface area (Å²) >= 11 is 9.52. The number of pyridine rings is 1. The Morgan fingerprint density at radius 2 is 2.19 bits per heavy atom. The summed E-state index contributed by atoms with van der Waals surface area (Å²) in [5.74, 6) is -0.247. The van der Waals surface area contributed by atoms with Crippen molar-refractivity contribution in [2.45, 2.75) is 25.8 Å². The third-order valence-electron chi connectivity index (χ3n) is 3.21. The third kappa shape index (κ3) is 4.77. The molecule has 0 spiro atoms. The van der Waals surface area contributed by atoms with Crippen molar-refractivity contribution in [2.75, 3.05) is 6.54 Å². The molecular weight excluding hydrogens is 355 g/mol. The topological polar surface area (TPSA) is 24.9 Å². The maximum atomic E-state index is 13.6. The van der Waals surface area contributed by atoms with Crippen LogP contribution in [0.25, 0.3) is 0 Å². The van der Waals surface area contributed by atoms with Crippen molar-refractivity contribution in [2.24, 2.45) is 0 Å². The van der Waals surface area contributed by atoms with Crippen LogP contribution in [0, 0.1) is 5.82 Å². The van der Waals surface area contributed by atoms with Gasteiger partial charge in [-0.1, -0.05) is 34.5 Å². The van der Waals surface area contributed by atoms with Crippen molar-refractivity contribution in [1.29, 1.82) is 0 Å². The van der Waals surface area contributed by atoms with Crippen LogP contribution in [0.3, 0.4) is 0 Å². The van der Waals surface area contributed by atoms with E-state index in [2.05, 4.69) is 33.2 Å². The van der Waals surface area contributed by atoms with E-state index in [-0.39, 0.29) is 11.9 Å². The summed E-state index contributed by atoms with van der Waals surface area (Å²) in [4.78, 5) is 4.00. The number of nitrogens with one attached hydrogen (secondary N) is 1. The standard InChI is InChI=1S/C16H17BrClFN2/c1-2-4-21-16(8-11-3-5-20-10-15(11)18)12-6-13(17)9-14(19)7-12/h3,5-7,9-10,16,21H,2,4,8H2,1H3. The molecule has 1 N–H and O–H groups in total. The number of hydrogen-bond donors (Lipinski definition) is 1. The fraction of sp³-hybridized carbons (Fsp3) is 0.312. The Morgan fingerprint density at radius 1 is 1.38 bits per heavy atom. The third-order valence-corrected chi connectivity index (χ3v) is 4.01. The average molecular weight is 372 g/mol. The highest BCUT2D eigenvalue weighted by molar-refractivity contribution is 9.10. The van der Waals surface area contributed by atoms with Crippen LogP contribution < -0.4 is 5.32 Å². The molecule has 2 rings (SSSR count). The van der Waals surface area contributed by atoms with E-state index in [0.29, 0.717) is 11.4 Å². The minimum Gasteiger partial charge on any atom is -0.310 e. The Labute approximate surface area is 137 Å². The Balaban J connectivity index is 2.27. The van der Waals surface area contributed by atoms with Crippen LogP contribution in [0.15, 0.2) is 41.1 Å². The molecule has 1 aromatic carbocycles. The first kappa shape index (κ1) is 16.4. The summed E-state index contributed by atoms with van der Waals surface area (Å²) in [6, 6.07) is 6.87. The van der Waals surface area contributed by atoms with Gasteiger partial charge in [-0.15, -0.1) is 0 Å². The SMILES string of the molecule is CCCNC(Cc1ccncc1Cl)c1cc(F)cc(Br)c1. The summed E-state index contributed by atoms with van der Waals surface area (Å²) in [7, 11) is 0. The summed E-state index contributed by atoms with van der Waals surface area (Å²) in [5, 5.41) is 4.08. The zero-order valence-corrected chi connectivity index (χ0v) is 14.1. The highest BCUT2D eigenvalue weighted by atomic mass is 79.9. The minimum absolute atomic E-state index is 0.0110. The molecule has 1 unspecified atom stereocenters. The van der Waals surface area contributed by atoms with E-state index < -0.39 is 0 Å². The van der Waals surface area contributed by atoms with Gasteiger partial charge in [0.2, 0.25) is 0 Å². The molecule has 0 amide bonds. The quantitative estimate of drug-likeness (QED) is 0.779. The summed E-state index contributed by atoms with van der Waals surface area (Å²) in [5.41, 5.74) is 1.91. The van der Waals surface area contributed by atoms with Crippen LogP contribution in [0.4, 0.5) is 4.39 Å². The van der Waals surface area contributed by atoms with E-state index in [9.17, 15) is 4.39 Å². The van der Waals surface area contributed by atoms with Gasteiger partial charge in [-0.3, -0.25) is 4.98 Å². The van der Waals surface area contributed by atoms with Crippen LogP contribution in [0.5, 0.6) is 0 Å². The van der Waals surface area contributed by atoms with Gasteiger partial charge in [0.1, 0.15) is 5.82 Å².